The van der Waals surface area contributed by atoms with Gasteiger partial charge in [-0.05, 0) is 29.7 Å². The van der Waals surface area contributed by atoms with Crippen LogP contribution in [-0.2, 0) is 11.2 Å². The van der Waals surface area contributed by atoms with Crippen molar-refractivity contribution in [3.8, 4) is 22.5 Å². The number of benzene rings is 3. The normalized spacial score (nSPS) is 11.5. The topological polar surface area (TPSA) is 104 Å². The Morgan fingerprint density at radius 3 is 2.06 bits per heavy atom. The van der Waals surface area contributed by atoms with Crippen LogP contribution in [0.3, 0.4) is 0 Å². The van der Waals surface area contributed by atoms with Crippen molar-refractivity contribution in [1.82, 2.24) is 20.6 Å². The molecule has 7 heteroatoms. The maximum Gasteiger partial charge on any atom is 0.251 e. The Balaban J connectivity index is 1.46. The second kappa shape index (κ2) is 12.4. The lowest BCUT2D eigenvalue weighted by Crippen LogP contribution is -2.48. The number of aromatic nitrogens is 2. The largest absolute Gasteiger partial charge is 0.396 e. The van der Waals surface area contributed by atoms with Crippen LogP contribution in [0.25, 0.3) is 22.5 Å². The van der Waals surface area contributed by atoms with E-state index < -0.39 is 6.04 Å². The molecule has 1 aromatic heterocycles. The molecular formula is C29H28N4O3. The smallest absolute Gasteiger partial charge is 0.251 e. The minimum Gasteiger partial charge on any atom is -0.396 e. The average Bonchev–Trinajstić information content (AvgIpc) is 2.94. The summed E-state index contributed by atoms with van der Waals surface area (Å²) in [7, 11) is 0. The maximum absolute atomic E-state index is 12.8. The molecule has 0 saturated carbocycles. The zero-order chi connectivity index (χ0) is 25.2. The molecule has 1 atom stereocenters. The van der Waals surface area contributed by atoms with Gasteiger partial charge in [0.05, 0.1) is 0 Å². The Hall–Kier alpha value is -4.36. The quantitative estimate of drug-likeness (QED) is 0.301. The number of rotatable bonds is 10. The van der Waals surface area contributed by atoms with Gasteiger partial charge in [0, 0.05) is 48.7 Å². The van der Waals surface area contributed by atoms with Crippen LogP contribution in [0.2, 0.25) is 0 Å². The summed E-state index contributed by atoms with van der Waals surface area (Å²) in [6.45, 7) is 0.319. The van der Waals surface area contributed by atoms with E-state index in [0.717, 1.165) is 22.3 Å². The van der Waals surface area contributed by atoms with Gasteiger partial charge in [-0.1, -0.05) is 72.8 Å². The summed E-state index contributed by atoms with van der Waals surface area (Å²) in [5.41, 5.74) is 4.23. The monoisotopic (exact) mass is 480 g/mol. The SMILES string of the molecule is O=C(NC(Cc1ccc(-c2ncc(-c3ccccc3)cn2)cc1)C(=O)NCCCO)c1ccccc1. The third kappa shape index (κ3) is 6.61. The maximum atomic E-state index is 12.8. The molecule has 1 heterocycles. The zero-order valence-corrected chi connectivity index (χ0v) is 19.8. The first-order valence-electron chi connectivity index (χ1n) is 11.9. The summed E-state index contributed by atoms with van der Waals surface area (Å²) in [6.07, 6.45) is 4.37. The van der Waals surface area contributed by atoms with Crippen LogP contribution in [-0.4, -0.2) is 46.1 Å². The molecule has 0 radical (unpaired) electrons. The van der Waals surface area contributed by atoms with Gasteiger partial charge in [-0.3, -0.25) is 9.59 Å². The van der Waals surface area contributed by atoms with E-state index in [1.807, 2.05) is 60.7 Å². The molecule has 1 unspecified atom stereocenters. The second-order valence-corrected chi connectivity index (χ2v) is 8.32. The molecule has 36 heavy (non-hydrogen) atoms. The average molecular weight is 481 g/mol. The molecule has 2 amide bonds. The fourth-order valence-electron chi connectivity index (χ4n) is 3.74. The number of hydrogen-bond donors (Lipinski definition) is 3. The van der Waals surface area contributed by atoms with Crippen LogP contribution in [0, 0.1) is 0 Å². The van der Waals surface area contributed by atoms with Crippen molar-refractivity contribution < 1.29 is 14.7 Å². The van der Waals surface area contributed by atoms with Gasteiger partial charge in [0.15, 0.2) is 5.82 Å². The Morgan fingerprint density at radius 2 is 1.42 bits per heavy atom. The summed E-state index contributed by atoms with van der Waals surface area (Å²) in [6, 6.07) is 25.6. The van der Waals surface area contributed by atoms with E-state index >= 15 is 0 Å². The van der Waals surface area contributed by atoms with E-state index in [1.165, 1.54) is 0 Å². The number of aliphatic hydroxyl groups is 1. The van der Waals surface area contributed by atoms with Gasteiger partial charge < -0.3 is 15.7 Å². The fraction of sp³-hybridized carbons (Fsp3) is 0.172. The van der Waals surface area contributed by atoms with E-state index in [9.17, 15) is 9.59 Å². The summed E-state index contributed by atoms with van der Waals surface area (Å²) in [4.78, 5) is 34.5. The Bertz CT molecular complexity index is 1260. The van der Waals surface area contributed by atoms with Gasteiger partial charge in [-0.15, -0.1) is 0 Å². The van der Waals surface area contributed by atoms with Gasteiger partial charge >= 0.3 is 0 Å². The second-order valence-electron chi connectivity index (χ2n) is 8.32. The van der Waals surface area contributed by atoms with E-state index in [1.54, 1.807) is 36.7 Å². The molecule has 0 aliphatic carbocycles. The van der Waals surface area contributed by atoms with Crippen molar-refractivity contribution in [2.75, 3.05) is 13.2 Å². The van der Waals surface area contributed by atoms with Crippen LogP contribution in [0.1, 0.15) is 22.3 Å². The highest BCUT2D eigenvalue weighted by Crippen LogP contribution is 2.21. The van der Waals surface area contributed by atoms with Crippen LogP contribution in [0.15, 0.2) is 97.3 Å². The highest BCUT2D eigenvalue weighted by Gasteiger charge is 2.22. The molecule has 0 aliphatic rings. The number of nitrogens with one attached hydrogen (secondary N) is 2. The minimum absolute atomic E-state index is 0.0167. The van der Waals surface area contributed by atoms with E-state index in [-0.39, 0.29) is 18.4 Å². The molecule has 0 spiro atoms. The van der Waals surface area contributed by atoms with Gasteiger partial charge in [0.2, 0.25) is 5.91 Å². The number of carbonyl (C=O) groups excluding carboxylic acids is 2. The number of aliphatic hydroxyl groups excluding tert-OH is 1. The van der Waals surface area contributed by atoms with Gasteiger partial charge in [-0.2, -0.15) is 0 Å². The standard InChI is InChI=1S/C29H28N4O3/c34-17-7-16-30-29(36)26(33-28(35)24-10-5-2-6-11-24)18-21-12-14-23(15-13-21)27-31-19-25(20-32-27)22-8-3-1-4-9-22/h1-6,8-15,19-20,26,34H,7,16-18H2,(H,30,36)(H,33,35). The van der Waals surface area contributed by atoms with Crippen molar-refractivity contribution in [3.05, 3.63) is 108 Å². The number of hydrogen-bond acceptors (Lipinski definition) is 5. The molecule has 0 bridgehead atoms. The Labute approximate surface area is 210 Å². The first-order valence-corrected chi connectivity index (χ1v) is 11.9. The van der Waals surface area contributed by atoms with Crippen molar-refractivity contribution >= 4 is 11.8 Å². The number of nitrogens with zero attached hydrogens (tertiary/aromatic N) is 2. The van der Waals surface area contributed by atoms with Crippen molar-refractivity contribution in [3.63, 3.8) is 0 Å². The molecule has 3 N–H and O–H groups in total. The molecular weight excluding hydrogens is 452 g/mol. The molecule has 182 valence electrons. The predicted octanol–water partition coefficient (Wildman–Crippen LogP) is 3.65. The molecule has 3 aromatic carbocycles. The molecule has 4 rings (SSSR count). The number of carbonyl (C=O) groups is 2. The Morgan fingerprint density at radius 1 is 0.778 bits per heavy atom. The Kier molecular flexibility index (Phi) is 8.51. The van der Waals surface area contributed by atoms with E-state index in [2.05, 4.69) is 20.6 Å². The zero-order valence-electron chi connectivity index (χ0n) is 19.8. The van der Waals surface area contributed by atoms with Crippen molar-refractivity contribution in [2.45, 2.75) is 18.9 Å². The third-order valence-electron chi connectivity index (χ3n) is 5.70. The van der Waals surface area contributed by atoms with Gasteiger partial charge in [-0.25, -0.2) is 9.97 Å². The summed E-state index contributed by atoms with van der Waals surface area (Å²) in [5.74, 6) is -0.00464. The van der Waals surface area contributed by atoms with Crippen molar-refractivity contribution in [2.24, 2.45) is 0 Å². The molecule has 7 nitrogen and oxygen atoms in total. The number of amides is 2. The van der Waals surface area contributed by atoms with Gasteiger partial charge in [0.25, 0.3) is 5.91 Å². The van der Waals surface area contributed by atoms with E-state index in [4.69, 9.17) is 5.11 Å². The molecule has 4 aromatic rings. The van der Waals surface area contributed by atoms with Gasteiger partial charge in [0.1, 0.15) is 6.04 Å². The first-order chi connectivity index (χ1) is 17.6. The summed E-state index contributed by atoms with van der Waals surface area (Å²) < 4.78 is 0. The third-order valence-corrected chi connectivity index (χ3v) is 5.70. The molecule has 0 fully saturated rings. The van der Waals surface area contributed by atoms with Crippen LogP contribution in [0.4, 0.5) is 0 Å². The molecule has 0 saturated heterocycles. The lowest BCUT2D eigenvalue weighted by Gasteiger charge is -2.19. The first kappa shape index (κ1) is 24.8. The summed E-state index contributed by atoms with van der Waals surface area (Å²) in [5, 5.41) is 14.6. The lowest BCUT2D eigenvalue weighted by atomic mass is 10.0. The van der Waals surface area contributed by atoms with E-state index in [0.29, 0.717) is 30.8 Å². The van der Waals surface area contributed by atoms with Crippen LogP contribution >= 0.6 is 0 Å². The summed E-state index contributed by atoms with van der Waals surface area (Å²) >= 11 is 0. The van der Waals surface area contributed by atoms with Crippen LogP contribution in [0.5, 0.6) is 0 Å². The highest BCUT2D eigenvalue weighted by molar-refractivity contribution is 5.97. The van der Waals surface area contributed by atoms with Crippen LogP contribution < -0.4 is 10.6 Å². The fourth-order valence-corrected chi connectivity index (χ4v) is 3.74. The highest BCUT2D eigenvalue weighted by atomic mass is 16.3. The predicted molar refractivity (Wildman–Crippen MR) is 139 cm³/mol. The molecule has 0 aliphatic heterocycles. The van der Waals surface area contributed by atoms with Crippen molar-refractivity contribution in [1.29, 1.82) is 0 Å². The lowest BCUT2D eigenvalue weighted by molar-refractivity contribution is -0.123. The minimum atomic E-state index is -0.761.